The molecule has 96 valence electrons. The summed E-state index contributed by atoms with van der Waals surface area (Å²) in [7, 11) is 0. The van der Waals surface area contributed by atoms with E-state index in [1.54, 1.807) is 0 Å². The van der Waals surface area contributed by atoms with Crippen molar-refractivity contribution in [2.45, 2.75) is 33.0 Å². The lowest BCUT2D eigenvalue weighted by molar-refractivity contribution is 0.222. The van der Waals surface area contributed by atoms with Crippen molar-refractivity contribution in [1.29, 1.82) is 0 Å². The fraction of sp³-hybridized carbons (Fsp3) is 0.385. The van der Waals surface area contributed by atoms with E-state index < -0.39 is 6.10 Å². The highest BCUT2D eigenvalue weighted by Gasteiger charge is 2.16. The van der Waals surface area contributed by atoms with E-state index in [1.165, 1.54) is 11.5 Å². The number of nitrogens with zero attached hydrogens (tertiary/aromatic N) is 2. The second kappa shape index (κ2) is 5.46. The van der Waals surface area contributed by atoms with Gasteiger partial charge in [-0.1, -0.05) is 16.6 Å². The second-order valence-corrected chi connectivity index (χ2v) is 5.15. The van der Waals surface area contributed by atoms with E-state index >= 15 is 0 Å². The van der Waals surface area contributed by atoms with Crippen LogP contribution in [0.3, 0.4) is 0 Å². The summed E-state index contributed by atoms with van der Waals surface area (Å²) in [5, 5.41) is 14.1. The summed E-state index contributed by atoms with van der Waals surface area (Å²) in [5.74, 6) is 0.806. The molecule has 2 rings (SSSR count). The predicted molar refractivity (Wildman–Crippen MR) is 70.9 cm³/mol. The van der Waals surface area contributed by atoms with Crippen LogP contribution in [0.1, 0.15) is 36.1 Å². The van der Waals surface area contributed by atoms with Gasteiger partial charge in [-0.15, -0.1) is 5.10 Å². The number of aromatic nitrogens is 2. The van der Waals surface area contributed by atoms with Gasteiger partial charge in [0.05, 0.1) is 16.7 Å². The Morgan fingerprint density at radius 3 is 2.39 bits per heavy atom. The SMILES string of the molecule is Cc1nnsc1C(O)c1ccc(OC(C)C)cc1. The maximum atomic E-state index is 10.2. The van der Waals surface area contributed by atoms with E-state index in [1.807, 2.05) is 45.0 Å². The minimum absolute atomic E-state index is 0.147. The van der Waals surface area contributed by atoms with Crippen molar-refractivity contribution in [3.63, 3.8) is 0 Å². The number of rotatable bonds is 4. The van der Waals surface area contributed by atoms with Crippen LogP contribution in [0.25, 0.3) is 0 Å². The topological polar surface area (TPSA) is 55.2 Å². The quantitative estimate of drug-likeness (QED) is 0.922. The van der Waals surface area contributed by atoms with Gasteiger partial charge < -0.3 is 9.84 Å². The van der Waals surface area contributed by atoms with Gasteiger partial charge in [-0.3, -0.25) is 0 Å². The first-order valence-electron chi connectivity index (χ1n) is 5.81. The Hall–Kier alpha value is -1.46. The Labute approximate surface area is 110 Å². The van der Waals surface area contributed by atoms with Crippen LogP contribution in [0, 0.1) is 6.92 Å². The zero-order chi connectivity index (χ0) is 13.1. The fourth-order valence-corrected chi connectivity index (χ4v) is 2.30. The van der Waals surface area contributed by atoms with Crippen LogP contribution >= 0.6 is 11.5 Å². The highest BCUT2D eigenvalue weighted by Crippen LogP contribution is 2.27. The lowest BCUT2D eigenvalue weighted by Crippen LogP contribution is -2.05. The zero-order valence-electron chi connectivity index (χ0n) is 10.6. The minimum Gasteiger partial charge on any atom is -0.491 e. The molecule has 2 aromatic rings. The third-order valence-corrected chi connectivity index (χ3v) is 3.38. The van der Waals surface area contributed by atoms with Crippen molar-refractivity contribution in [2.75, 3.05) is 0 Å². The van der Waals surface area contributed by atoms with Crippen molar-refractivity contribution in [3.05, 3.63) is 40.4 Å². The molecule has 0 spiro atoms. The Balaban J connectivity index is 2.17. The van der Waals surface area contributed by atoms with Gasteiger partial charge in [0.1, 0.15) is 11.9 Å². The monoisotopic (exact) mass is 264 g/mol. The summed E-state index contributed by atoms with van der Waals surface area (Å²) in [4.78, 5) is 0.785. The van der Waals surface area contributed by atoms with Crippen LogP contribution in [0.15, 0.2) is 24.3 Å². The molecule has 0 aliphatic rings. The van der Waals surface area contributed by atoms with Crippen molar-refractivity contribution in [3.8, 4) is 5.75 Å². The summed E-state index contributed by atoms with van der Waals surface area (Å²) in [5.41, 5.74) is 1.59. The van der Waals surface area contributed by atoms with E-state index in [0.717, 1.165) is 21.9 Å². The third kappa shape index (κ3) is 2.86. The van der Waals surface area contributed by atoms with Crippen LogP contribution in [-0.2, 0) is 0 Å². The van der Waals surface area contributed by atoms with Crippen LogP contribution < -0.4 is 4.74 Å². The van der Waals surface area contributed by atoms with Crippen molar-refractivity contribution >= 4 is 11.5 Å². The molecule has 4 nitrogen and oxygen atoms in total. The summed E-state index contributed by atoms with van der Waals surface area (Å²) >= 11 is 1.22. The average molecular weight is 264 g/mol. The highest BCUT2D eigenvalue weighted by molar-refractivity contribution is 7.05. The molecular formula is C13H16N2O2S. The first kappa shape index (κ1) is 13.0. The first-order valence-corrected chi connectivity index (χ1v) is 6.59. The molecule has 0 aliphatic heterocycles. The van der Waals surface area contributed by atoms with Gasteiger partial charge in [-0.2, -0.15) is 0 Å². The molecule has 0 amide bonds. The van der Waals surface area contributed by atoms with Crippen LogP contribution in [0.5, 0.6) is 5.75 Å². The molecule has 1 heterocycles. The molecule has 0 radical (unpaired) electrons. The van der Waals surface area contributed by atoms with Crippen molar-refractivity contribution < 1.29 is 9.84 Å². The van der Waals surface area contributed by atoms with Gasteiger partial charge >= 0.3 is 0 Å². The largest absolute Gasteiger partial charge is 0.491 e. The number of hydrogen-bond acceptors (Lipinski definition) is 5. The lowest BCUT2D eigenvalue weighted by atomic mass is 10.1. The van der Waals surface area contributed by atoms with Crippen LogP contribution in [0.2, 0.25) is 0 Å². The number of benzene rings is 1. The maximum absolute atomic E-state index is 10.2. The Kier molecular flexibility index (Phi) is 3.93. The molecule has 0 bridgehead atoms. The Morgan fingerprint density at radius 2 is 1.89 bits per heavy atom. The molecule has 1 aromatic heterocycles. The Bertz CT molecular complexity index is 508. The highest BCUT2D eigenvalue weighted by atomic mass is 32.1. The average Bonchev–Trinajstić information content (AvgIpc) is 2.75. The van der Waals surface area contributed by atoms with Gasteiger partial charge in [0.15, 0.2) is 0 Å². The smallest absolute Gasteiger partial charge is 0.119 e. The molecule has 0 saturated carbocycles. The van der Waals surface area contributed by atoms with E-state index in [4.69, 9.17) is 4.74 Å². The Morgan fingerprint density at radius 1 is 1.22 bits per heavy atom. The summed E-state index contributed by atoms with van der Waals surface area (Å²) in [6.07, 6.45) is -0.521. The van der Waals surface area contributed by atoms with Crippen LogP contribution in [-0.4, -0.2) is 20.8 Å². The van der Waals surface area contributed by atoms with Gasteiger partial charge in [-0.25, -0.2) is 0 Å². The first-order chi connectivity index (χ1) is 8.58. The molecular weight excluding hydrogens is 248 g/mol. The molecule has 0 saturated heterocycles. The van der Waals surface area contributed by atoms with E-state index in [9.17, 15) is 5.11 Å². The third-order valence-electron chi connectivity index (χ3n) is 2.50. The number of aliphatic hydroxyl groups excluding tert-OH is 1. The van der Waals surface area contributed by atoms with E-state index in [-0.39, 0.29) is 6.10 Å². The molecule has 18 heavy (non-hydrogen) atoms. The summed E-state index contributed by atoms with van der Waals surface area (Å²) in [6, 6.07) is 7.45. The molecule has 1 unspecified atom stereocenters. The molecule has 0 aliphatic carbocycles. The minimum atomic E-state index is -0.668. The van der Waals surface area contributed by atoms with E-state index in [0.29, 0.717) is 0 Å². The van der Waals surface area contributed by atoms with Gasteiger partial charge in [0.2, 0.25) is 0 Å². The summed E-state index contributed by atoms with van der Waals surface area (Å²) < 4.78 is 9.39. The van der Waals surface area contributed by atoms with E-state index in [2.05, 4.69) is 9.59 Å². The zero-order valence-corrected chi connectivity index (χ0v) is 11.4. The molecule has 0 fully saturated rings. The number of ether oxygens (including phenoxy) is 1. The van der Waals surface area contributed by atoms with Crippen molar-refractivity contribution in [1.82, 2.24) is 9.59 Å². The number of aryl methyl sites for hydroxylation is 1. The van der Waals surface area contributed by atoms with Gasteiger partial charge in [-0.05, 0) is 50.0 Å². The number of hydrogen-bond donors (Lipinski definition) is 1. The predicted octanol–water partition coefficient (Wildman–Crippen LogP) is 2.72. The standard InChI is InChI=1S/C13H16N2O2S/c1-8(2)17-11-6-4-10(5-7-11)12(16)13-9(3)14-15-18-13/h4-8,12,16H,1-3H3. The van der Waals surface area contributed by atoms with Gasteiger partial charge in [0.25, 0.3) is 0 Å². The molecule has 5 heteroatoms. The molecule has 1 atom stereocenters. The van der Waals surface area contributed by atoms with Gasteiger partial charge in [0, 0.05) is 0 Å². The summed E-state index contributed by atoms with van der Waals surface area (Å²) in [6.45, 7) is 5.81. The molecule has 1 N–H and O–H groups in total. The second-order valence-electron chi connectivity index (χ2n) is 4.36. The molecule has 1 aromatic carbocycles. The lowest BCUT2D eigenvalue weighted by Gasteiger charge is -2.12. The number of aliphatic hydroxyl groups is 1. The fourth-order valence-electron chi connectivity index (χ4n) is 1.64. The normalized spacial score (nSPS) is 12.7. The maximum Gasteiger partial charge on any atom is 0.119 e. The van der Waals surface area contributed by atoms with Crippen LogP contribution in [0.4, 0.5) is 0 Å². The van der Waals surface area contributed by atoms with Crippen molar-refractivity contribution in [2.24, 2.45) is 0 Å².